The molecule has 0 bridgehead atoms. The van der Waals surface area contributed by atoms with Crippen LogP contribution in [0.3, 0.4) is 0 Å². The third-order valence-corrected chi connectivity index (χ3v) is 4.41. The maximum absolute atomic E-state index is 12.8. The number of hydrogen-bond donors (Lipinski definition) is 1. The Bertz CT molecular complexity index is 463. The van der Waals surface area contributed by atoms with Crippen molar-refractivity contribution in [2.45, 2.75) is 31.1 Å². The number of para-hydroxylation sites is 1. The van der Waals surface area contributed by atoms with E-state index in [1.54, 1.807) is 0 Å². The highest BCUT2D eigenvalue weighted by atomic mass is 16.2. The van der Waals surface area contributed by atoms with Crippen LogP contribution in [-0.4, -0.2) is 26.0 Å². The molecule has 0 atom stereocenters. The molecule has 1 aliphatic carbocycles. The van der Waals surface area contributed by atoms with Crippen LogP contribution in [0.15, 0.2) is 24.3 Å². The Morgan fingerprint density at radius 1 is 1.28 bits per heavy atom. The summed E-state index contributed by atoms with van der Waals surface area (Å²) >= 11 is 0. The van der Waals surface area contributed by atoms with Crippen LogP contribution >= 0.6 is 0 Å². The van der Waals surface area contributed by atoms with Gasteiger partial charge >= 0.3 is 0 Å². The first kappa shape index (κ1) is 11.7. The van der Waals surface area contributed by atoms with Crippen LogP contribution in [0.1, 0.15) is 31.2 Å². The van der Waals surface area contributed by atoms with E-state index >= 15 is 0 Å². The van der Waals surface area contributed by atoms with Crippen molar-refractivity contribution < 1.29 is 4.79 Å². The summed E-state index contributed by atoms with van der Waals surface area (Å²) in [5, 5.41) is 3.13. The molecule has 0 radical (unpaired) electrons. The van der Waals surface area contributed by atoms with Crippen molar-refractivity contribution in [3.05, 3.63) is 29.8 Å². The Morgan fingerprint density at radius 3 is 2.72 bits per heavy atom. The van der Waals surface area contributed by atoms with E-state index in [-0.39, 0.29) is 5.41 Å². The lowest BCUT2D eigenvalue weighted by Gasteiger charge is -2.23. The fraction of sp³-hybridized carbons (Fsp3) is 0.533. The van der Waals surface area contributed by atoms with Gasteiger partial charge in [-0.05, 0) is 31.5 Å². The SMILES string of the molecule is CNCCN1C(=O)C2(CCCC2)c2ccccc21. The molecule has 0 aromatic heterocycles. The van der Waals surface area contributed by atoms with Crippen molar-refractivity contribution >= 4 is 11.6 Å². The first-order valence-electron chi connectivity index (χ1n) is 6.86. The van der Waals surface area contributed by atoms with Gasteiger partial charge in [0.05, 0.1) is 5.41 Å². The Morgan fingerprint density at radius 2 is 2.00 bits per heavy atom. The van der Waals surface area contributed by atoms with Crippen molar-refractivity contribution in [3.8, 4) is 0 Å². The quantitative estimate of drug-likeness (QED) is 0.882. The zero-order chi connectivity index (χ0) is 12.6. The van der Waals surface area contributed by atoms with Crippen molar-refractivity contribution in [1.29, 1.82) is 0 Å². The third kappa shape index (κ3) is 1.50. The Labute approximate surface area is 108 Å². The molecule has 18 heavy (non-hydrogen) atoms. The summed E-state index contributed by atoms with van der Waals surface area (Å²) < 4.78 is 0. The molecule has 0 saturated heterocycles. The molecule has 3 nitrogen and oxygen atoms in total. The molecule has 3 rings (SSSR count). The molecule has 1 N–H and O–H groups in total. The largest absolute Gasteiger partial charge is 0.318 e. The zero-order valence-corrected chi connectivity index (χ0v) is 10.9. The summed E-state index contributed by atoms with van der Waals surface area (Å²) in [7, 11) is 1.93. The fourth-order valence-corrected chi connectivity index (χ4v) is 3.50. The van der Waals surface area contributed by atoms with E-state index < -0.39 is 0 Å². The van der Waals surface area contributed by atoms with Crippen molar-refractivity contribution in [2.24, 2.45) is 0 Å². The van der Waals surface area contributed by atoms with Crippen LogP contribution in [0.5, 0.6) is 0 Å². The number of fused-ring (bicyclic) bond motifs is 2. The lowest BCUT2D eigenvalue weighted by molar-refractivity contribution is -0.123. The van der Waals surface area contributed by atoms with Crippen LogP contribution in [0.4, 0.5) is 5.69 Å². The highest BCUT2D eigenvalue weighted by Gasteiger charge is 2.51. The van der Waals surface area contributed by atoms with Crippen LogP contribution in [-0.2, 0) is 10.2 Å². The number of carbonyl (C=O) groups excluding carboxylic acids is 1. The summed E-state index contributed by atoms with van der Waals surface area (Å²) in [5.74, 6) is 0.330. The van der Waals surface area contributed by atoms with Gasteiger partial charge in [0.15, 0.2) is 0 Å². The van der Waals surface area contributed by atoms with Crippen LogP contribution in [0.25, 0.3) is 0 Å². The topological polar surface area (TPSA) is 32.3 Å². The summed E-state index contributed by atoms with van der Waals surface area (Å²) in [5.41, 5.74) is 2.22. The number of nitrogens with zero attached hydrogens (tertiary/aromatic N) is 1. The summed E-state index contributed by atoms with van der Waals surface area (Å²) in [6, 6.07) is 8.34. The van der Waals surface area contributed by atoms with Gasteiger partial charge in [-0.3, -0.25) is 4.79 Å². The van der Waals surface area contributed by atoms with E-state index in [9.17, 15) is 4.79 Å². The van der Waals surface area contributed by atoms with E-state index in [0.717, 1.165) is 31.6 Å². The number of likely N-dealkylation sites (N-methyl/N-ethyl adjacent to an activating group) is 1. The molecule has 1 saturated carbocycles. The molecule has 96 valence electrons. The molecular weight excluding hydrogens is 224 g/mol. The summed E-state index contributed by atoms with van der Waals surface area (Å²) in [6.07, 6.45) is 4.41. The number of amides is 1. The van der Waals surface area contributed by atoms with Gasteiger partial charge in [-0.25, -0.2) is 0 Å². The number of carbonyl (C=O) groups is 1. The first-order chi connectivity index (χ1) is 8.79. The maximum Gasteiger partial charge on any atom is 0.237 e. The average Bonchev–Trinajstić information content (AvgIpc) is 2.97. The van der Waals surface area contributed by atoms with Gasteiger partial charge in [0.1, 0.15) is 0 Å². The lowest BCUT2D eigenvalue weighted by Crippen LogP contribution is -2.41. The minimum absolute atomic E-state index is 0.190. The fourth-order valence-electron chi connectivity index (χ4n) is 3.50. The lowest BCUT2D eigenvalue weighted by atomic mass is 9.80. The van der Waals surface area contributed by atoms with Gasteiger partial charge in [-0.2, -0.15) is 0 Å². The Hall–Kier alpha value is -1.35. The normalized spacial score (nSPS) is 20.7. The van der Waals surface area contributed by atoms with E-state index in [1.165, 1.54) is 18.4 Å². The molecule has 1 aliphatic heterocycles. The minimum Gasteiger partial charge on any atom is -0.318 e. The Kier molecular flexibility index (Phi) is 2.86. The zero-order valence-electron chi connectivity index (χ0n) is 10.9. The van der Waals surface area contributed by atoms with Gasteiger partial charge in [0, 0.05) is 18.8 Å². The smallest absolute Gasteiger partial charge is 0.237 e. The molecule has 2 aliphatic rings. The molecule has 3 heteroatoms. The van der Waals surface area contributed by atoms with Gasteiger partial charge in [0.2, 0.25) is 5.91 Å². The molecule has 1 fully saturated rings. The summed E-state index contributed by atoms with van der Waals surface area (Å²) in [4.78, 5) is 14.8. The van der Waals surface area contributed by atoms with Crippen LogP contribution in [0.2, 0.25) is 0 Å². The van der Waals surface area contributed by atoms with Crippen molar-refractivity contribution in [3.63, 3.8) is 0 Å². The predicted molar refractivity (Wildman–Crippen MR) is 72.9 cm³/mol. The van der Waals surface area contributed by atoms with E-state index in [2.05, 4.69) is 23.5 Å². The van der Waals surface area contributed by atoms with Gasteiger partial charge in [-0.15, -0.1) is 0 Å². The van der Waals surface area contributed by atoms with Gasteiger partial charge in [0.25, 0.3) is 0 Å². The molecular formula is C15H20N2O. The number of hydrogen-bond acceptors (Lipinski definition) is 2. The number of nitrogens with one attached hydrogen (secondary N) is 1. The molecule has 1 amide bonds. The van der Waals surface area contributed by atoms with E-state index in [4.69, 9.17) is 0 Å². The second-order valence-electron chi connectivity index (χ2n) is 5.37. The number of rotatable bonds is 3. The standard InChI is InChI=1S/C15H20N2O/c1-16-10-11-17-13-7-3-2-6-12(13)15(14(17)18)8-4-5-9-15/h2-3,6-7,16H,4-5,8-11H2,1H3. The second-order valence-corrected chi connectivity index (χ2v) is 5.37. The average molecular weight is 244 g/mol. The highest BCUT2D eigenvalue weighted by molar-refractivity contribution is 6.08. The summed E-state index contributed by atoms with van der Waals surface area (Å²) in [6.45, 7) is 1.62. The van der Waals surface area contributed by atoms with Crippen molar-refractivity contribution in [1.82, 2.24) is 5.32 Å². The molecule has 1 spiro atoms. The van der Waals surface area contributed by atoms with E-state index in [1.807, 2.05) is 18.0 Å². The predicted octanol–water partition coefficient (Wildman–Crippen LogP) is 2.06. The van der Waals surface area contributed by atoms with E-state index in [0.29, 0.717) is 5.91 Å². The van der Waals surface area contributed by atoms with Crippen LogP contribution < -0.4 is 10.2 Å². The Balaban J connectivity index is 2.02. The van der Waals surface area contributed by atoms with Gasteiger partial charge < -0.3 is 10.2 Å². The number of anilines is 1. The van der Waals surface area contributed by atoms with Crippen molar-refractivity contribution in [2.75, 3.05) is 25.0 Å². The second kappa shape index (κ2) is 4.39. The molecule has 1 heterocycles. The molecule has 1 aromatic rings. The molecule has 0 unspecified atom stereocenters. The highest BCUT2D eigenvalue weighted by Crippen LogP contribution is 2.50. The maximum atomic E-state index is 12.8. The molecule has 1 aromatic carbocycles. The third-order valence-electron chi connectivity index (χ3n) is 4.41. The first-order valence-corrected chi connectivity index (χ1v) is 6.86. The monoisotopic (exact) mass is 244 g/mol. The van der Waals surface area contributed by atoms with Crippen LogP contribution in [0, 0.1) is 0 Å². The van der Waals surface area contributed by atoms with Gasteiger partial charge in [-0.1, -0.05) is 31.0 Å². The minimum atomic E-state index is -0.190. The number of benzene rings is 1.